The molecule has 4 aromatic rings. The lowest BCUT2D eigenvalue weighted by Crippen LogP contribution is -2.34. The van der Waals surface area contributed by atoms with Crippen molar-refractivity contribution in [3.8, 4) is 17.2 Å². The van der Waals surface area contributed by atoms with E-state index >= 15 is 0 Å². The van der Waals surface area contributed by atoms with E-state index in [-0.39, 0.29) is 41.4 Å². The van der Waals surface area contributed by atoms with Gasteiger partial charge >= 0.3 is 24.6 Å². The van der Waals surface area contributed by atoms with Crippen LogP contribution < -0.4 is 14.4 Å². The van der Waals surface area contributed by atoms with Crippen LogP contribution in [0.15, 0.2) is 97.1 Å². The number of nitrogens with zero attached hydrogens (tertiary/aromatic N) is 1. The van der Waals surface area contributed by atoms with Crippen LogP contribution in [0.3, 0.4) is 0 Å². The quantitative estimate of drug-likeness (QED) is 0.171. The summed E-state index contributed by atoms with van der Waals surface area (Å²) in [5.41, 5.74) is -2.09. The van der Waals surface area contributed by atoms with Crippen LogP contribution in [0.25, 0.3) is 0 Å². The molecule has 0 aliphatic heterocycles. The number of halogens is 11. The second-order valence-corrected chi connectivity index (χ2v) is 9.91. The first-order chi connectivity index (χ1) is 21.3. The van der Waals surface area contributed by atoms with Crippen LogP contribution in [-0.4, -0.2) is 24.2 Å². The molecule has 0 radical (unpaired) electrons. The highest BCUT2D eigenvalue weighted by Crippen LogP contribution is 2.44. The van der Waals surface area contributed by atoms with Crippen molar-refractivity contribution in [2.75, 3.05) is 11.4 Å². The number of aliphatic hydroxyl groups excluding tert-OH is 1. The molecular weight excluding hydrogens is 643 g/mol. The molecule has 1 N–H and O–H groups in total. The highest BCUT2D eigenvalue weighted by Gasteiger charge is 2.58. The minimum atomic E-state index is -5.88. The summed E-state index contributed by atoms with van der Waals surface area (Å²) in [6, 6.07) is 17.3. The van der Waals surface area contributed by atoms with E-state index in [0.717, 1.165) is 42.5 Å². The lowest BCUT2D eigenvalue weighted by molar-refractivity contribution is -0.289. The van der Waals surface area contributed by atoms with E-state index in [4.69, 9.17) is 4.74 Å². The van der Waals surface area contributed by atoms with Crippen molar-refractivity contribution in [1.29, 1.82) is 0 Å². The van der Waals surface area contributed by atoms with Crippen molar-refractivity contribution < 1.29 is 62.9 Å². The standard InChI is InChI=1S/C31H22F11NO3/c32-28(33,30(37,38)39)22-5-1-4-19(14-22)17-43(18-27(44)20-10-12-21(13-11-20)29(34,35)36)23-6-2-7-24(15-23)45-25-8-3-9-26(16-25)46-31(40,41)42/h1-16,27,44H,17-18H2. The van der Waals surface area contributed by atoms with Crippen LogP contribution >= 0.6 is 0 Å². The normalized spacial score (nSPS) is 13.3. The topological polar surface area (TPSA) is 41.9 Å². The van der Waals surface area contributed by atoms with Crippen LogP contribution in [0.4, 0.5) is 54.0 Å². The van der Waals surface area contributed by atoms with Gasteiger partial charge in [0.05, 0.1) is 11.7 Å². The van der Waals surface area contributed by atoms with E-state index in [1.54, 1.807) is 0 Å². The van der Waals surface area contributed by atoms with Crippen molar-refractivity contribution in [2.24, 2.45) is 0 Å². The molecule has 0 amide bonds. The summed E-state index contributed by atoms with van der Waals surface area (Å²) in [7, 11) is 0. The summed E-state index contributed by atoms with van der Waals surface area (Å²) in [4.78, 5) is 1.35. The fraction of sp³-hybridized carbons (Fsp3) is 0.226. The summed E-state index contributed by atoms with van der Waals surface area (Å²) in [5.74, 6) is -5.77. The molecule has 0 aliphatic rings. The third-order valence-corrected chi connectivity index (χ3v) is 6.49. The second-order valence-electron chi connectivity index (χ2n) is 9.91. The minimum Gasteiger partial charge on any atom is -0.457 e. The SMILES string of the molecule is OC(CN(Cc1cccc(C(F)(F)C(F)(F)F)c1)c1cccc(Oc2cccc(OC(F)(F)F)c2)c1)c1ccc(C(F)(F)F)cc1. The van der Waals surface area contributed by atoms with Crippen LogP contribution in [0.5, 0.6) is 17.2 Å². The number of anilines is 1. The Kier molecular flexibility index (Phi) is 9.75. The third-order valence-electron chi connectivity index (χ3n) is 6.49. The zero-order valence-corrected chi connectivity index (χ0v) is 23.1. The van der Waals surface area contributed by atoms with Gasteiger partial charge in [-0.05, 0) is 53.6 Å². The van der Waals surface area contributed by atoms with Crippen LogP contribution in [0.1, 0.15) is 28.4 Å². The number of alkyl halides is 11. The lowest BCUT2D eigenvalue weighted by Gasteiger charge is -2.29. The average molecular weight is 665 g/mol. The Balaban J connectivity index is 1.66. The van der Waals surface area contributed by atoms with Gasteiger partial charge in [-0.1, -0.05) is 42.5 Å². The minimum absolute atomic E-state index is 0.0376. The Morgan fingerprint density at radius 2 is 1.22 bits per heavy atom. The van der Waals surface area contributed by atoms with Crippen LogP contribution in [-0.2, 0) is 18.6 Å². The predicted molar refractivity (Wildman–Crippen MR) is 143 cm³/mol. The molecule has 0 aliphatic carbocycles. The number of ether oxygens (including phenoxy) is 2. The number of hydrogen-bond acceptors (Lipinski definition) is 4. The maximum Gasteiger partial charge on any atom is 0.573 e. The molecule has 0 saturated carbocycles. The van der Waals surface area contributed by atoms with Crippen molar-refractivity contribution in [1.82, 2.24) is 0 Å². The molecular formula is C31H22F11NO3. The Bertz CT molecular complexity index is 1620. The van der Waals surface area contributed by atoms with Gasteiger partial charge in [0.15, 0.2) is 0 Å². The molecule has 0 saturated heterocycles. The Morgan fingerprint density at radius 1 is 0.630 bits per heavy atom. The zero-order chi connectivity index (χ0) is 33.9. The fourth-order valence-corrected chi connectivity index (χ4v) is 4.33. The van der Waals surface area contributed by atoms with Gasteiger partial charge in [0.1, 0.15) is 17.2 Å². The van der Waals surface area contributed by atoms with Gasteiger partial charge in [-0.15, -0.1) is 13.2 Å². The molecule has 15 heteroatoms. The molecule has 1 atom stereocenters. The van der Waals surface area contributed by atoms with E-state index in [1.807, 2.05) is 0 Å². The van der Waals surface area contributed by atoms with Crippen molar-refractivity contribution in [3.05, 3.63) is 119 Å². The molecule has 0 spiro atoms. The highest BCUT2D eigenvalue weighted by atomic mass is 19.4. The highest BCUT2D eigenvalue weighted by molar-refractivity contribution is 5.53. The smallest absolute Gasteiger partial charge is 0.457 e. The van der Waals surface area contributed by atoms with Gasteiger partial charge in [0, 0.05) is 36.5 Å². The molecule has 0 fully saturated rings. The Labute approximate surface area is 254 Å². The molecule has 0 aromatic heterocycles. The van der Waals surface area contributed by atoms with E-state index in [1.165, 1.54) is 47.4 Å². The van der Waals surface area contributed by atoms with E-state index in [2.05, 4.69) is 4.74 Å². The van der Waals surface area contributed by atoms with Crippen molar-refractivity contribution >= 4 is 5.69 Å². The van der Waals surface area contributed by atoms with Crippen molar-refractivity contribution in [3.63, 3.8) is 0 Å². The summed E-state index contributed by atoms with van der Waals surface area (Å²) in [6.45, 7) is -0.749. The molecule has 1 unspecified atom stereocenters. The number of rotatable bonds is 10. The third kappa shape index (κ3) is 8.80. The van der Waals surface area contributed by atoms with Gasteiger partial charge in [-0.25, -0.2) is 0 Å². The maximum absolute atomic E-state index is 14.1. The lowest BCUT2D eigenvalue weighted by atomic mass is 10.0. The second kappa shape index (κ2) is 13.1. The first-order valence-electron chi connectivity index (χ1n) is 13.1. The van der Waals surface area contributed by atoms with Gasteiger partial charge in [-0.2, -0.15) is 35.1 Å². The van der Waals surface area contributed by atoms with Gasteiger partial charge in [0.25, 0.3) is 0 Å². The molecule has 0 bridgehead atoms. The Hall–Kier alpha value is -4.53. The van der Waals surface area contributed by atoms with Gasteiger partial charge in [-0.3, -0.25) is 0 Å². The van der Waals surface area contributed by atoms with Gasteiger partial charge < -0.3 is 19.5 Å². The molecule has 4 rings (SSSR count). The van der Waals surface area contributed by atoms with Crippen LogP contribution in [0.2, 0.25) is 0 Å². The molecule has 4 nitrogen and oxygen atoms in total. The number of aliphatic hydroxyl groups is 1. The summed E-state index contributed by atoms with van der Waals surface area (Å²) in [5, 5.41) is 10.9. The number of hydrogen-bond donors (Lipinski definition) is 1. The summed E-state index contributed by atoms with van der Waals surface area (Å²) < 4.78 is 154. The van der Waals surface area contributed by atoms with Crippen LogP contribution in [0, 0.1) is 0 Å². The van der Waals surface area contributed by atoms with E-state index < -0.39 is 47.6 Å². The monoisotopic (exact) mass is 665 g/mol. The molecule has 0 heterocycles. The fourth-order valence-electron chi connectivity index (χ4n) is 4.33. The summed E-state index contributed by atoms with van der Waals surface area (Å²) in [6.07, 6.45) is -17.0. The average Bonchev–Trinajstić information content (AvgIpc) is 2.95. The Morgan fingerprint density at radius 3 is 1.83 bits per heavy atom. The first-order valence-corrected chi connectivity index (χ1v) is 13.1. The predicted octanol–water partition coefficient (Wildman–Crippen LogP) is 9.79. The maximum atomic E-state index is 14.1. The van der Waals surface area contributed by atoms with Gasteiger partial charge in [0.2, 0.25) is 0 Å². The molecule has 246 valence electrons. The molecule has 4 aromatic carbocycles. The van der Waals surface area contributed by atoms with E-state index in [0.29, 0.717) is 12.1 Å². The van der Waals surface area contributed by atoms with Crippen molar-refractivity contribution in [2.45, 2.75) is 37.3 Å². The number of benzene rings is 4. The molecule has 46 heavy (non-hydrogen) atoms. The summed E-state index contributed by atoms with van der Waals surface area (Å²) >= 11 is 0. The zero-order valence-electron chi connectivity index (χ0n) is 23.1. The first kappa shape index (κ1) is 34.3. The van der Waals surface area contributed by atoms with E-state index in [9.17, 15) is 53.4 Å². The largest absolute Gasteiger partial charge is 0.573 e.